The Morgan fingerprint density at radius 2 is 1.81 bits per heavy atom. The van der Waals surface area contributed by atoms with E-state index >= 15 is 0 Å². The quantitative estimate of drug-likeness (QED) is 0.477. The van der Waals surface area contributed by atoms with Crippen LogP contribution in [0.25, 0.3) is 0 Å². The second-order valence-electron chi connectivity index (χ2n) is 6.53. The maximum atomic E-state index is 12.5. The molecule has 0 atom stereocenters. The number of amides is 1. The molecule has 31 heavy (non-hydrogen) atoms. The molecular weight excluding hydrogens is 433 g/mol. The molecule has 0 saturated carbocycles. The van der Waals surface area contributed by atoms with Crippen LogP contribution in [0.4, 0.5) is 24.1 Å². The Kier molecular flexibility index (Phi) is 7.34. The van der Waals surface area contributed by atoms with Gasteiger partial charge in [-0.15, -0.1) is 28.5 Å². The summed E-state index contributed by atoms with van der Waals surface area (Å²) in [6.07, 6.45) is -1.87. The molecular formula is C19H19F3N6O2S. The van der Waals surface area contributed by atoms with Crippen molar-refractivity contribution in [1.82, 2.24) is 20.4 Å². The Bertz CT molecular complexity index is 1010. The summed E-state index contributed by atoms with van der Waals surface area (Å²) in [5.41, 5.74) is 6.42. The number of alkyl halides is 3. The third-order valence-corrected chi connectivity index (χ3v) is 4.90. The van der Waals surface area contributed by atoms with Gasteiger partial charge in [0.05, 0.1) is 12.1 Å². The lowest BCUT2D eigenvalue weighted by Gasteiger charge is -2.13. The van der Waals surface area contributed by atoms with E-state index in [4.69, 9.17) is 5.73 Å². The molecule has 3 rings (SSSR count). The highest BCUT2D eigenvalue weighted by Crippen LogP contribution is 2.26. The first-order valence-corrected chi connectivity index (χ1v) is 10.1. The number of benzene rings is 1. The van der Waals surface area contributed by atoms with Crippen LogP contribution in [0.2, 0.25) is 0 Å². The van der Waals surface area contributed by atoms with Crippen molar-refractivity contribution in [3.63, 3.8) is 0 Å². The minimum Gasteiger partial charge on any atom is -0.405 e. The Morgan fingerprint density at radius 3 is 2.48 bits per heavy atom. The topological polar surface area (TPSA) is 116 Å². The number of unbranched alkanes of at least 4 members (excludes halogenated alkanes) is 1. The number of ether oxygens (including phenoxy) is 1. The van der Waals surface area contributed by atoms with Crippen LogP contribution in [0, 0.1) is 0 Å². The van der Waals surface area contributed by atoms with Crippen molar-refractivity contribution in [2.75, 3.05) is 11.1 Å². The number of carbonyl (C=O) groups excluding carboxylic acids is 1. The number of rotatable bonds is 9. The normalized spacial score (nSPS) is 11.3. The summed E-state index contributed by atoms with van der Waals surface area (Å²) in [6, 6.07) is 8.82. The molecule has 12 heteroatoms. The molecule has 0 fully saturated rings. The van der Waals surface area contributed by atoms with Crippen LogP contribution in [0.15, 0.2) is 36.4 Å². The number of nitrogens with two attached hydrogens (primary N) is 1. The van der Waals surface area contributed by atoms with Crippen molar-refractivity contribution in [3.8, 4) is 5.75 Å². The molecule has 1 aromatic carbocycles. The number of hydrogen-bond acceptors (Lipinski definition) is 8. The van der Waals surface area contributed by atoms with E-state index in [-0.39, 0.29) is 17.8 Å². The molecule has 0 radical (unpaired) electrons. The first-order chi connectivity index (χ1) is 14.8. The van der Waals surface area contributed by atoms with Crippen molar-refractivity contribution >= 4 is 28.2 Å². The summed E-state index contributed by atoms with van der Waals surface area (Å²) in [7, 11) is 0. The maximum Gasteiger partial charge on any atom is 0.573 e. The van der Waals surface area contributed by atoms with Gasteiger partial charge in [-0.3, -0.25) is 4.79 Å². The minimum atomic E-state index is -4.83. The molecule has 0 aliphatic rings. The lowest BCUT2D eigenvalue weighted by Crippen LogP contribution is -2.20. The summed E-state index contributed by atoms with van der Waals surface area (Å²) in [5, 5.41) is 19.6. The van der Waals surface area contributed by atoms with Gasteiger partial charge in [0.15, 0.2) is 5.82 Å². The fourth-order valence-corrected chi connectivity index (χ4v) is 3.40. The predicted molar refractivity (Wildman–Crippen MR) is 108 cm³/mol. The van der Waals surface area contributed by atoms with Crippen molar-refractivity contribution in [2.24, 2.45) is 0 Å². The van der Waals surface area contributed by atoms with Crippen LogP contribution in [0.5, 0.6) is 5.75 Å². The third-order valence-electron chi connectivity index (χ3n) is 4.09. The summed E-state index contributed by atoms with van der Waals surface area (Å²) in [5.74, 6) is -0.730. The standard InChI is InChI=1S/C19H19F3N6O2S/c20-19(21,22)30-14-7-3-1-5-12(14)11-16(29)24-15-10-9-13(25-26-15)6-2-4-8-17-27-28-18(23)31-17/h1,3,5,7,9-10H,2,4,6,8,11H2,(H2,23,28)(H,24,26,29). The molecule has 1 amide bonds. The number of hydrogen-bond donors (Lipinski definition) is 2. The fraction of sp³-hybridized carbons (Fsp3) is 0.316. The van der Waals surface area contributed by atoms with Gasteiger partial charge in [-0.25, -0.2) is 0 Å². The Hall–Kier alpha value is -3.28. The number of halogens is 3. The fourth-order valence-electron chi connectivity index (χ4n) is 2.74. The van der Waals surface area contributed by atoms with E-state index in [0.29, 0.717) is 11.6 Å². The molecule has 0 unspecified atom stereocenters. The molecule has 0 aliphatic carbocycles. The summed E-state index contributed by atoms with van der Waals surface area (Å²) in [6.45, 7) is 0. The van der Waals surface area contributed by atoms with Gasteiger partial charge in [-0.2, -0.15) is 5.10 Å². The van der Waals surface area contributed by atoms with Crippen LogP contribution >= 0.6 is 11.3 Å². The Labute approximate surface area is 179 Å². The average Bonchev–Trinajstić information content (AvgIpc) is 3.12. The van der Waals surface area contributed by atoms with Crippen LogP contribution in [-0.2, 0) is 24.1 Å². The van der Waals surface area contributed by atoms with Crippen molar-refractivity contribution in [2.45, 2.75) is 38.5 Å². The highest BCUT2D eigenvalue weighted by molar-refractivity contribution is 7.15. The van der Waals surface area contributed by atoms with Gasteiger partial charge in [0.2, 0.25) is 11.0 Å². The number of para-hydroxylation sites is 1. The zero-order valence-corrected chi connectivity index (χ0v) is 17.0. The van der Waals surface area contributed by atoms with E-state index in [9.17, 15) is 18.0 Å². The molecule has 8 nitrogen and oxygen atoms in total. The van der Waals surface area contributed by atoms with Gasteiger partial charge >= 0.3 is 6.36 Å². The summed E-state index contributed by atoms with van der Waals surface area (Å²) >= 11 is 1.37. The van der Waals surface area contributed by atoms with E-state index in [1.54, 1.807) is 12.1 Å². The average molecular weight is 452 g/mol. The second-order valence-corrected chi connectivity index (χ2v) is 7.63. The molecule has 164 valence electrons. The maximum absolute atomic E-state index is 12.5. The smallest absolute Gasteiger partial charge is 0.405 e. The largest absolute Gasteiger partial charge is 0.573 e. The van der Waals surface area contributed by atoms with Crippen molar-refractivity contribution in [3.05, 3.63) is 52.7 Å². The number of nitrogens with one attached hydrogen (secondary N) is 1. The number of aromatic nitrogens is 4. The first kappa shape index (κ1) is 22.4. The van der Waals surface area contributed by atoms with Crippen LogP contribution in [0.3, 0.4) is 0 Å². The van der Waals surface area contributed by atoms with E-state index in [0.717, 1.165) is 36.0 Å². The SMILES string of the molecule is Nc1nnc(CCCCc2ccc(NC(=O)Cc3ccccc3OC(F)(F)F)nn2)s1. The van der Waals surface area contributed by atoms with Crippen molar-refractivity contribution in [1.29, 1.82) is 0 Å². The molecule has 2 heterocycles. The van der Waals surface area contributed by atoms with Crippen LogP contribution < -0.4 is 15.8 Å². The molecule has 3 aromatic rings. The van der Waals surface area contributed by atoms with Gasteiger partial charge < -0.3 is 15.8 Å². The van der Waals surface area contributed by atoms with Crippen LogP contribution in [-0.4, -0.2) is 32.7 Å². The summed E-state index contributed by atoms with van der Waals surface area (Å²) in [4.78, 5) is 12.2. The highest BCUT2D eigenvalue weighted by Gasteiger charge is 2.32. The number of anilines is 2. The van der Waals surface area contributed by atoms with Gasteiger partial charge in [0.1, 0.15) is 10.8 Å². The number of nitrogens with zero attached hydrogens (tertiary/aromatic N) is 4. The first-order valence-electron chi connectivity index (χ1n) is 9.32. The second kappa shape index (κ2) is 10.2. The minimum absolute atomic E-state index is 0.110. The number of nitrogen functional groups attached to an aromatic ring is 1. The van der Waals surface area contributed by atoms with Crippen molar-refractivity contribution < 1.29 is 22.7 Å². The Balaban J connectivity index is 1.47. The molecule has 3 N–H and O–H groups in total. The monoisotopic (exact) mass is 452 g/mol. The number of aryl methyl sites for hydroxylation is 2. The van der Waals surface area contributed by atoms with Gasteiger partial charge in [0, 0.05) is 12.0 Å². The van der Waals surface area contributed by atoms with E-state index in [2.05, 4.69) is 30.4 Å². The molecule has 0 aliphatic heterocycles. The van der Waals surface area contributed by atoms with E-state index in [1.807, 2.05) is 0 Å². The van der Waals surface area contributed by atoms with E-state index < -0.39 is 18.0 Å². The molecule has 0 bridgehead atoms. The van der Waals surface area contributed by atoms with Gasteiger partial charge in [-0.05, 0) is 37.5 Å². The van der Waals surface area contributed by atoms with Crippen LogP contribution in [0.1, 0.15) is 29.1 Å². The molecule has 2 aromatic heterocycles. The van der Waals surface area contributed by atoms with Gasteiger partial charge in [0.25, 0.3) is 0 Å². The lowest BCUT2D eigenvalue weighted by molar-refractivity contribution is -0.274. The predicted octanol–water partition coefficient (Wildman–Crippen LogP) is 3.56. The zero-order chi connectivity index (χ0) is 22.3. The molecule has 0 saturated heterocycles. The summed E-state index contributed by atoms with van der Waals surface area (Å²) < 4.78 is 41.4. The lowest BCUT2D eigenvalue weighted by atomic mass is 10.1. The number of carbonyl (C=O) groups is 1. The molecule has 0 spiro atoms. The van der Waals surface area contributed by atoms with E-state index in [1.165, 1.54) is 29.5 Å². The third kappa shape index (κ3) is 7.48. The Morgan fingerprint density at radius 1 is 1.03 bits per heavy atom. The van der Waals surface area contributed by atoms with Gasteiger partial charge in [-0.1, -0.05) is 29.5 Å². The zero-order valence-electron chi connectivity index (χ0n) is 16.2. The highest BCUT2D eigenvalue weighted by atomic mass is 32.1.